The van der Waals surface area contributed by atoms with Crippen molar-refractivity contribution in [1.29, 1.82) is 0 Å². The molecule has 0 saturated heterocycles. The number of anilines is 1. The molecule has 1 rings (SSSR count). The van der Waals surface area contributed by atoms with Crippen LogP contribution in [0.4, 0.5) is 5.69 Å². The van der Waals surface area contributed by atoms with Gasteiger partial charge in [-0.25, -0.2) is 12.7 Å². The molecule has 1 aromatic carbocycles. The zero-order valence-electron chi connectivity index (χ0n) is 10.4. The fourth-order valence-electron chi connectivity index (χ4n) is 1.32. The number of benzene rings is 1. The molecule has 7 heteroatoms. The summed E-state index contributed by atoms with van der Waals surface area (Å²) >= 11 is 0. The van der Waals surface area contributed by atoms with Crippen LogP contribution < -0.4 is 11.1 Å². The monoisotopic (exact) mass is 271 g/mol. The number of nitrogens with two attached hydrogens (primary N) is 1. The van der Waals surface area contributed by atoms with Gasteiger partial charge in [0.1, 0.15) is 0 Å². The van der Waals surface area contributed by atoms with E-state index >= 15 is 0 Å². The minimum absolute atomic E-state index is 0.126. The first-order valence-corrected chi connectivity index (χ1v) is 6.84. The lowest BCUT2D eigenvalue weighted by Gasteiger charge is -2.16. The highest BCUT2D eigenvalue weighted by molar-refractivity contribution is 7.89. The van der Waals surface area contributed by atoms with Crippen LogP contribution in [0.3, 0.4) is 0 Å². The van der Waals surface area contributed by atoms with Crippen molar-refractivity contribution in [3.63, 3.8) is 0 Å². The highest BCUT2D eigenvalue weighted by Gasteiger charge is 2.20. The number of carbonyl (C=O) groups is 1. The predicted octanol–water partition coefficient (Wildman–Crippen LogP) is 0.0254. The van der Waals surface area contributed by atoms with Crippen LogP contribution in [0.2, 0.25) is 0 Å². The minimum Gasteiger partial charge on any atom is -0.399 e. The largest absolute Gasteiger partial charge is 0.399 e. The highest BCUT2D eigenvalue weighted by Crippen LogP contribution is 2.15. The maximum atomic E-state index is 12.1. The molecule has 0 heterocycles. The number of hydrogen-bond donors (Lipinski definition) is 2. The van der Waals surface area contributed by atoms with Gasteiger partial charge >= 0.3 is 0 Å². The molecule has 6 nitrogen and oxygen atoms in total. The van der Waals surface area contributed by atoms with E-state index in [2.05, 4.69) is 5.32 Å². The van der Waals surface area contributed by atoms with Gasteiger partial charge in [-0.2, -0.15) is 0 Å². The molecule has 0 fully saturated rings. The Labute approximate surface area is 107 Å². The number of hydrogen-bond acceptors (Lipinski definition) is 4. The van der Waals surface area contributed by atoms with Crippen LogP contribution in [0.25, 0.3) is 0 Å². The van der Waals surface area contributed by atoms with Gasteiger partial charge in [0.25, 0.3) is 0 Å². The van der Waals surface area contributed by atoms with E-state index in [1.807, 2.05) is 0 Å². The second kappa shape index (κ2) is 5.83. The van der Waals surface area contributed by atoms with Crippen LogP contribution in [0, 0.1) is 0 Å². The van der Waals surface area contributed by atoms with Crippen molar-refractivity contribution in [2.24, 2.45) is 0 Å². The second-order valence-corrected chi connectivity index (χ2v) is 5.86. The summed E-state index contributed by atoms with van der Waals surface area (Å²) in [4.78, 5) is 11.2. The van der Waals surface area contributed by atoms with Crippen LogP contribution >= 0.6 is 0 Å². The first-order chi connectivity index (χ1) is 8.37. The fraction of sp³-hybridized carbons (Fsp3) is 0.364. The molecule has 3 N–H and O–H groups in total. The molecule has 0 bridgehead atoms. The fourth-order valence-corrected chi connectivity index (χ4v) is 2.50. The van der Waals surface area contributed by atoms with Gasteiger partial charge in [-0.05, 0) is 24.3 Å². The Morgan fingerprint density at radius 2 is 1.89 bits per heavy atom. The Hall–Kier alpha value is -1.60. The summed E-state index contributed by atoms with van der Waals surface area (Å²) in [5, 5.41) is 2.44. The molecule has 1 amide bonds. The molecule has 0 atom stereocenters. The first-order valence-electron chi connectivity index (χ1n) is 5.40. The van der Waals surface area contributed by atoms with E-state index in [4.69, 9.17) is 5.73 Å². The molecule has 100 valence electrons. The highest BCUT2D eigenvalue weighted by atomic mass is 32.2. The summed E-state index contributed by atoms with van der Waals surface area (Å²) in [7, 11) is -0.612. The lowest BCUT2D eigenvalue weighted by Crippen LogP contribution is -2.31. The molecular formula is C11H17N3O3S. The summed E-state index contributed by atoms with van der Waals surface area (Å²) in [5.74, 6) is -0.200. The van der Waals surface area contributed by atoms with E-state index in [1.165, 1.54) is 38.4 Å². The third-order valence-electron chi connectivity index (χ3n) is 2.52. The summed E-state index contributed by atoms with van der Waals surface area (Å²) in [6.07, 6.45) is 0.126. The third-order valence-corrected chi connectivity index (χ3v) is 4.39. The maximum Gasteiger partial charge on any atom is 0.242 e. The van der Waals surface area contributed by atoms with Crippen LogP contribution in [-0.2, 0) is 14.8 Å². The Kier molecular flexibility index (Phi) is 4.69. The molecule has 18 heavy (non-hydrogen) atoms. The number of nitrogens with one attached hydrogen (secondary N) is 1. The number of nitrogens with zero attached hydrogens (tertiary/aromatic N) is 1. The molecule has 0 spiro atoms. The van der Waals surface area contributed by atoms with Crippen LogP contribution in [0.5, 0.6) is 0 Å². The minimum atomic E-state index is -3.56. The molecule has 0 aliphatic carbocycles. The first kappa shape index (κ1) is 14.5. The van der Waals surface area contributed by atoms with Gasteiger partial charge in [-0.3, -0.25) is 4.79 Å². The number of carbonyl (C=O) groups excluding carboxylic acids is 1. The Bertz CT molecular complexity index is 511. The number of sulfonamides is 1. The van der Waals surface area contributed by atoms with E-state index in [0.717, 1.165) is 4.31 Å². The van der Waals surface area contributed by atoms with E-state index < -0.39 is 10.0 Å². The van der Waals surface area contributed by atoms with Crippen LogP contribution in [0.15, 0.2) is 29.2 Å². The van der Waals surface area contributed by atoms with Crippen molar-refractivity contribution >= 4 is 21.6 Å². The van der Waals surface area contributed by atoms with E-state index in [-0.39, 0.29) is 23.8 Å². The van der Waals surface area contributed by atoms with Gasteiger partial charge in [0.05, 0.1) is 4.90 Å². The number of amides is 1. The van der Waals surface area contributed by atoms with Gasteiger partial charge in [0, 0.05) is 32.7 Å². The summed E-state index contributed by atoms with van der Waals surface area (Å²) in [5.41, 5.74) is 6.00. The van der Waals surface area contributed by atoms with Gasteiger partial charge < -0.3 is 11.1 Å². The molecule has 0 aliphatic heterocycles. The zero-order valence-corrected chi connectivity index (χ0v) is 11.2. The maximum absolute atomic E-state index is 12.1. The molecule has 0 unspecified atom stereocenters. The van der Waals surface area contributed by atoms with E-state index in [9.17, 15) is 13.2 Å². The lowest BCUT2D eigenvalue weighted by atomic mass is 10.3. The van der Waals surface area contributed by atoms with E-state index in [1.54, 1.807) is 0 Å². The summed E-state index contributed by atoms with van der Waals surface area (Å²) in [6.45, 7) is 0.131. The quantitative estimate of drug-likeness (QED) is 0.739. The number of nitrogen functional groups attached to an aromatic ring is 1. The van der Waals surface area contributed by atoms with E-state index in [0.29, 0.717) is 5.69 Å². The SMILES string of the molecule is CNC(=O)CCN(C)S(=O)(=O)c1ccc(N)cc1. The van der Waals surface area contributed by atoms with Crippen molar-refractivity contribution in [2.45, 2.75) is 11.3 Å². The zero-order chi connectivity index (χ0) is 13.8. The molecule has 0 aromatic heterocycles. The van der Waals surface area contributed by atoms with Crippen molar-refractivity contribution in [2.75, 3.05) is 26.4 Å². The lowest BCUT2D eigenvalue weighted by molar-refractivity contribution is -0.120. The van der Waals surface area contributed by atoms with Gasteiger partial charge in [0.2, 0.25) is 15.9 Å². The van der Waals surface area contributed by atoms with Crippen molar-refractivity contribution < 1.29 is 13.2 Å². The van der Waals surface area contributed by atoms with Gasteiger partial charge in [-0.15, -0.1) is 0 Å². The van der Waals surface area contributed by atoms with Crippen molar-refractivity contribution in [1.82, 2.24) is 9.62 Å². The normalized spacial score (nSPS) is 11.5. The average Bonchev–Trinajstić information content (AvgIpc) is 2.35. The molecule has 0 saturated carbocycles. The van der Waals surface area contributed by atoms with Crippen LogP contribution in [0.1, 0.15) is 6.42 Å². The molecular weight excluding hydrogens is 254 g/mol. The second-order valence-electron chi connectivity index (χ2n) is 3.82. The van der Waals surface area contributed by atoms with Gasteiger partial charge in [0.15, 0.2) is 0 Å². The Morgan fingerprint density at radius 3 is 2.39 bits per heavy atom. The third kappa shape index (κ3) is 3.44. The van der Waals surface area contributed by atoms with Crippen LogP contribution in [-0.4, -0.2) is 39.3 Å². The Balaban J connectivity index is 2.80. The smallest absolute Gasteiger partial charge is 0.242 e. The number of rotatable bonds is 5. The summed E-state index contributed by atoms with van der Waals surface area (Å²) < 4.78 is 25.3. The van der Waals surface area contributed by atoms with Crippen molar-refractivity contribution in [3.8, 4) is 0 Å². The Morgan fingerprint density at radius 1 is 1.33 bits per heavy atom. The topological polar surface area (TPSA) is 92.5 Å². The average molecular weight is 271 g/mol. The standard InChI is InChI=1S/C11H17N3O3S/c1-13-11(15)7-8-14(2)18(16,17)10-5-3-9(12)4-6-10/h3-6H,7-8,12H2,1-2H3,(H,13,15). The molecule has 0 aliphatic rings. The molecule has 0 radical (unpaired) electrons. The summed E-state index contributed by atoms with van der Waals surface area (Å²) in [6, 6.07) is 5.95. The van der Waals surface area contributed by atoms with Gasteiger partial charge in [-0.1, -0.05) is 0 Å². The predicted molar refractivity (Wildman–Crippen MR) is 69.4 cm³/mol. The van der Waals surface area contributed by atoms with Crippen molar-refractivity contribution in [3.05, 3.63) is 24.3 Å². The molecule has 1 aromatic rings.